The van der Waals surface area contributed by atoms with E-state index in [0.29, 0.717) is 0 Å². The second-order valence-electron chi connectivity index (χ2n) is 18.0. The van der Waals surface area contributed by atoms with E-state index in [1.807, 2.05) is 27.7 Å². The van der Waals surface area contributed by atoms with Crippen molar-refractivity contribution in [3.8, 4) is 0 Å². The predicted molar refractivity (Wildman–Crippen MR) is 180 cm³/mol. The lowest BCUT2D eigenvalue weighted by Crippen LogP contribution is -2.77. The van der Waals surface area contributed by atoms with Crippen LogP contribution in [0, 0.1) is 57.7 Å². The Hall–Kier alpha value is -3.36. The summed E-state index contributed by atoms with van der Waals surface area (Å²) in [7, 11) is 0. The van der Waals surface area contributed by atoms with Crippen LogP contribution in [0.1, 0.15) is 88.5 Å². The van der Waals surface area contributed by atoms with E-state index >= 15 is 4.79 Å². The number of aliphatic hydroxyl groups is 2. The minimum atomic E-state index is -2.21. The molecule has 2 aliphatic heterocycles. The summed E-state index contributed by atoms with van der Waals surface area (Å²) >= 11 is 0. The van der Waals surface area contributed by atoms with E-state index in [9.17, 15) is 34.2 Å². The molecule has 0 amide bonds. The van der Waals surface area contributed by atoms with Crippen molar-refractivity contribution < 1.29 is 67.4 Å². The van der Waals surface area contributed by atoms with E-state index in [2.05, 4.69) is 0 Å². The molecule has 0 spiro atoms. The Morgan fingerprint density at radius 2 is 1.53 bits per heavy atom. The van der Waals surface area contributed by atoms with Crippen molar-refractivity contribution >= 4 is 35.6 Å². The van der Waals surface area contributed by atoms with Crippen LogP contribution < -0.4 is 0 Å². The molecule has 17 atom stereocenters. The number of carbonyl (C=O) groups is 6. The molecule has 0 unspecified atom stereocenters. The van der Waals surface area contributed by atoms with Crippen molar-refractivity contribution in [1.82, 2.24) is 0 Å². The molecule has 7 aliphatic rings. The highest BCUT2D eigenvalue weighted by Gasteiger charge is 2.84. The van der Waals surface area contributed by atoms with Gasteiger partial charge in [0.2, 0.25) is 5.78 Å². The van der Waals surface area contributed by atoms with Crippen LogP contribution in [0.3, 0.4) is 0 Å². The Labute approximate surface area is 308 Å². The zero-order chi connectivity index (χ0) is 39.1. The van der Waals surface area contributed by atoms with E-state index in [1.165, 1.54) is 20.8 Å². The number of ether oxygens (including phenoxy) is 6. The fourth-order valence-electron chi connectivity index (χ4n) is 12.5. The molecule has 2 N–H and O–H groups in total. The van der Waals surface area contributed by atoms with Crippen molar-refractivity contribution in [2.75, 3.05) is 0 Å². The van der Waals surface area contributed by atoms with Gasteiger partial charge in [-0.25, -0.2) is 4.79 Å². The molecular weight excluding hydrogens is 692 g/mol. The van der Waals surface area contributed by atoms with E-state index in [0.717, 1.165) is 6.92 Å². The average Bonchev–Trinajstić information content (AvgIpc) is 3.69. The lowest BCUT2D eigenvalue weighted by Gasteiger charge is -2.65. The van der Waals surface area contributed by atoms with Gasteiger partial charge in [0.05, 0.1) is 11.5 Å². The van der Waals surface area contributed by atoms with Crippen molar-refractivity contribution in [2.24, 2.45) is 57.7 Å². The SMILES string of the molecule is CC(=O)O[C@@H]1[C@H]2[C@@H]3[C@@H](OC(C)=O)C(=O)[C@@]4(O)C[C@@H]5O[C@@H]5[C@H](OC(=O)CC(C)C)[C@]4(C)[C@H]3C[C@H](OC(C)=O)[C@]2(C)[C@@H]2[C@@H]1[C@]1(C)C(=C[C@H]2C)OC(=O)[C@@]1(C)O. The largest absolute Gasteiger partial charge is 0.462 e. The maximum atomic E-state index is 15.1. The minimum Gasteiger partial charge on any atom is -0.462 e. The van der Waals surface area contributed by atoms with E-state index < -0.39 is 135 Å². The van der Waals surface area contributed by atoms with Crippen molar-refractivity contribution in [3.63, 3.8) is 0 Å². The number of ketones is 1. The molecule has 6 fully saturated rings. The molecule has 292 valence electrons. The zero-order valence-corrected chi connectivity index (χ0v) is 32.0. The summed E-state index contributed by atoms with van der Waals surface area (Å²) in [6.07, 6.45) is -4.25. The molecule has 53 heavy (non-hydrogen) atoms. The highest BCUT2D eigenvalue weighted by molar-refractivity contribution is 5.95. The number of carbonyl (C=O) groups excluding carboxylic acids is 6. The average molecular weight is 745 g/mol. The number of rotatable bonds is 6. The molecule has 4 saturated carbocycles. The Kier molecular flexibility index (Phi) is 8.46. The second kappa shape index (κ2) is 11.8. The first kappa shape index (κ1) is 37.9. The maximum absolute atomic E-state index is 15.1. The van der Waals surface area contributed by atoms with Crippen molar-refractivity contribution in [1.29, 1.82) is 0 Å². The number of allylic oxidation sites excluding steroid dienone is 1. The molecule has 2 saturated heterocycles. The zero-order valence-electron chi connectivity index (χ0n) is 32.0. The van der Waals surface area contributed by atoms with Crippen LogP contribution in [0.15, 0.2) is 11.8 Å². The summed E-state index contributed by atoms with van der Waals surface area (Å²) in [5.41, 5.74) is -8.46. The summed E-state index contributed by atoms with van der Waals surface area (Å²) in [6, 6.07) is 0. The molecule has 14 nitrogen and oxygen atoms in total. The van der Waals surface area contributed by atoms with Crippen molar-refractivity contribution in [2.45, 2.75) is 136 Å². The normalized spacial score (nSPS) is 50.2. The Morgan fingerprint density at radius 1 is 0.906 bits per heavy atom. The highest BCUT2D eigenvalue weighted by Crippen LogP contribution is 2.76. The number of epoxide rings is 1. The van der Waals surface area contributed by atoms with Gasteiger partial charge in [-0.2, -0.15) is 0 Å². The summed E-state index contributed by atoms with van der Waals surface area (Å²) in [5, 5.41) is 24.8. The number of hydrogen-bond acceptors (Lipinski definition) is 14. The molecule has 0 radical (unpaired) electrons. The van der Waals surface area contributed by atoms with E-state index in [-0.39, 0.29) is 30.9 Å². The smallest absolute Gasteiger partial charge is 0.343 e. The van der Waals surface area contributed by atoms with Gasteiger partial charge in [0, 0.05) is 62.2 Å². The van der Waals surface area contributed by atoms with E-state index in [4.69, 9.17) is 28.4 Å². The van der Waals surface area contributed by atoms with Gasteiger partial charge in [0.25, 0.3) is 0 Å². The van der Waals surface area contributed by atoms with Gasteiger partial charge in [-0.05, 0) is 50.0 Å². The summed E-state index contributed by atoms with van der Waals surface area (Å²) in [6.45, 7) is 16.0. The van der Waals surface area contributed by atoms with Crippen LogP contribution in [-0.2, 0) is 57.2 Å². The Balaban J connectivity index is 1.49. The molecule has 7 rings (SSSR count). The minimum absolute atomic E-state index is 0.0402. The summed E-state index contributed by atoms with van der Waals surface area (Å²) in [5.74, 6) is -8.64. The molecule has 0 aromatic carbocycles. The van der Waals surface area contributed by atoms with Crippen LogP contribution in [0.5, 0.6) is 0 Å². The topological polar surface area (TPSA) is 202 Å². The van der Waals surface area contributed by atoms with Crippen LogP contribution in [0.25, 0.3) is 0 Å². The number of hydrogen-bond donors (Lipinski definition) is 2. The monoisotopic (exact) mass is 744 g/mol. The Bertz CT molecular complexity index is 1700. The summed E-state index contributed by atoms with van der Waals surface area (Å²) < 4.78 is 36.4. The van der Waals surface area contributed by atoms with Gasteiger partial charge in [0.15, 0.2) is 11.7 Å². The molecule has 14 heteroatoms. The lowest BCUT2D eigenvalue weighted by atomic mass is 9.40. The van der Waals surface area contributed by atoms with Crippen LogP contribution in [-0.4, -0.2) is 93.7 Å². The second-order valence-corrected chi connectivity index (χ2v) is 18.0. The van der Waals surface area contributed by atoms with Gasteiger partial charge in [-0.1, -0.05) is 34.6 Å². The molecule has 0 aromatic rings. The number of fused-ring (bicyclic) bond motifs is 10. The van der Waals surface area contributed by atoms with Crippen molar-refractivity contribution in [3.05, 3.63) is 11.8 Å². The molecule has 2 heterocycles. The van der Waals surface area contributed by atoms with Crippen LogP contribution in [0.4, 0.5) is 0 Å². The third-order valence-electron chi connectivity index (χ3n) is 14.8. The van der Waals surface area contributed by atoms with E-state index in [1.54, 1.807) is 19.9 Å². The van der Waals surface area contributed by atoms with Gasteiger partial charge >= 0.3 is 29.8 Å². The fraction of sp³-hybridized carbons (Fsp3) is 0.795. The third-order valence-corrected chi connectivity index (χ3v) is 14.8. The number of esters is 5. The fourth-order valence-corrected chi connectivity index (χ4v) is 12.5. The van der Waals surface area contributed by atoms with Gasteiger partial charge < -0.3 is 38.6 Å². The van der Waals surface area contributed by atoms with Crippen LogP contribution in [0.2, 0.25) is 0 Å². The summed E-state index contributed by atoms with van der Waals surface area (Å²) in [4.78, 5) is 81.0. The first-order valence-electron chi connectivity index (χ1n) is 18.8. The molecule has 5 aliphatic carbocycles. The lowest BCUT2D eigenvalue weighted by molar-refractivity contribution is -0.269. The first-order chi connectivity index (χ1) is 24.5. The third kappa shape index (κ3) is 4.85. The first-order valence-corrected chi connectivity index (χ1v) is 18.8. The van der Waals surface area contributed by atoms with Gasteiger partial charge in [-0.3, -0.25) is 24.0 Å². The molecule has 0 bridgehead atoms. The highest BCUT2D eigenvalue weighted by atomic mass is 16.6. The maximum Gasteiger partial charge on any atom is 0.343 e. The predicted octanol–water partition coefficient (Wildman–Crippen LogP) is 2.58. The standard InChI is InChI=1S/C39H52O14/c1-15(2)11-24(43)53-33-29-21(51-29)14-39(47)32(44)30(49-18(5)41)25-20(36(33,39)8)13-22(48-17(4)40)35(7)26-16(3)12-23-37(9,38(10,46)34(45)52-23)28(26)31(27(25)35)50-19(6)42/h12,15-16,20-22,25-31,33,46-47H,11,13-14H2,1-10H3/t16-,20+,21+,22+,25-,26+,27-,28+,29+,30-,31-,33+,35-,36+,37+,38-,39+/m1/s1. The molecule has 0 aromatic heterocycles. The van der Waals surface area contributed by atoms with Gasteiger partial charge in [0.1, 0.15) is 35.8 Å². The quantitative estimate of drug-likeness (QED) is 0.228. The van der Waals surface area contributed by atoms with Crippen LogP contribution >= 0.6 is 0 Å². The number of Topliss-reactive ketones (excluding diaryl/α,β-unsaturated/α-hetero) is 1. The van der Waals surface area contributed by atoms with Gasteiger partial charge in [-0.15, -0.1) is 0 Å². The Morgan fingerprint density at radius 3 is 2.11 bits per heavy atom. The molecular formula is C39H52O14.